The lowest BCUT2D eigenvalue weighted by molar-refractivity contribution is 0.382. The van der Waals surface area contributed by atoms with Crippen LogP contribution in [0.5, 0.6) is 0 Å². The van der Waals surface area contributed by atoms with Crippen molar-refractivity contribution in [2.24, 2.45) is 5.92 Å². The first-order valence-corrected chi connectivity index (χ1v) is 9.78. The number of halogens is 1. The molecule has 0 spiro atoms. The Morgan fingerprint density at radius 3 is 2.57 bits per heavy atom. The van der Waals surface area contributed by atoms with E-state index in [1.807, 2.05) is 0 Å². The van der Waals surface area contributed by atoms with Gasteiger partial charge < -0.3 is 5.32 Å². The molecule has 0 bridgehead atoms. The van der Waals surface area contributed by atoms with E-state index in [1.165, 1.54) is 12.8 Å². The van der Waals surface area contributed by atoms with Crippen molar-refractivity contribution in [3.8, 4) is 0 Å². The van der Waals surface area contributed by atoms with Gasteiger partial charge >= 0.3 is 0 Å². The van der Waals surface area contributed by atoms with Crippen LogP contribution in [0, 0.1) is 5.92 Å². The molecule has 0 heterocycles. The fourth-order valence-corrected chi connectivity index (χ4v) is 5.26. The fourth-order valence-electron chi connectivity index (χ4n) is 3.07. The predicted octanol–water partition coefficient (Wildman–Crippen LogP) is 3.67. The summed E-state index contributed by atoms with van der Waals surface area (Å²) >= 11 is 6.06. The number of hydrogen-bond donors (Lipinski definition) is 1. The van der Waals surface area contributed by atoms with Crippen LogP contribution < -0.4 is 5.32 Å². The summed E-state index contributed by atoms with van der Waals surface area (Å²) in [6, 6.07) is 6.75. The second kappa shape index (κ2) is 7.61. The van der Waals surface area contributed by atoms with E-state index in [4.69, 9.17) is 11.6 Å². The molecule has 3 nitrogen and oxygen atoms in total. The van der Waals surface area contributed by atoms with Gasteiger partial charge in [-0.15, -0.1) is 0 Å². The highest BCUT2D eigenvalue weighted by molar-refractivity contribution is 7.91. The number of sulfone groups is 1. The molecule has 1 aromatic rings. The molecule has 1 aliphatic rings. The van der Waals surface area contributed by atoms with Crippen LogP contribution in [-0.2, 0) is 9.84 Å². The molecular formula is C16H24ClNO2S. The zero-order valence-corrected chi connectivity index (χ0v) is 14.1. The van der Waals surface area contributed by atoms with E-state index in [1.54, 1.807) is 24.3 Å². The standard InChI is InChI=1S/C16H24ClNO2S/c1-2-11-18-15(13-7-3-4-8-13)12-21(19,20)16-10-6-5-9-14(16)17/h5-6,9-10,13,15,18H,2-4,7-8,11-12H2,1H3. The average molecular weight is 330 g/mol. The predicted molar refractivity (Wildman–Crippen MR) is 87.5 cm³/mol. The second-order valence-corrected chi connectivity index (χ2v) is 8.23. The van der Waals surface area contributed by atoms with E-state index in [-0.39, 0.29) is 16.7 Å². The van der Waals surface area contributed by atoms with Crippen LogP contribution in [0.4, 0.5) is 0 Å². The topological polar surface area (TPSA) is 46.2 Å². The Bertz CT molecular complexity index is 553. The average Bonchev–Trinajstić information content (AvgIpc) is 2.97. The number of rotatable bonds is 7. The van der Waals surface area contributed by atoms with Crippen molar-refractivity contribution in [3.05, 3.63) is 29.3 Å². The zero-order chi connectivity index (χ0) is 15.3. The molecule has 0 saturated heterocycles. The smallest absolute Gasteiger partial charge is 0.181 e. The Morgan fingerprint density at radius 1 is 1.29 bits per heavy atom. The number of nitrogens with one attached hydrogen (secondary N) is 1. The van der Waals surface area contributed by atoms with E-state index in [9.17, 15) is 8.42 Å². The SMILES string of the molecule is CCCNC(CS(=O)(=O)c1ccccc1Cl)C1CCCC1. The van der Waals surface area contributed by atoms with E-state index >= 15 is 0 Å². The van der Waals surface area contributed by atoms with Gasteiger partial charge in [-0.3, -0.25) is 0 Å². The molecule has 118 valence electrons. The van der Waals surface area contributed by atoms with Crippen molar-refractivity contribution in [2.45, 2.75) is 50.0 Å². The highest BCUT2D eigenvalue weighted by atomic mass is 35.5. The van der Waals surface area contributed by atoms with Crippen molar-refractivity contribution in [1.82, 2.24) is 5.32 Å². The Balaban J connectivity index is 2.16. The van der Waals surface area contributed by atoms with Crippen molar-refractivity contribution in [3.63, 3.8) is 0 Å². The van der Waals surface area contributed by atoms with Gasteiger partial charge in [0, 0.05) is 6.04 Å². The molecule has 0 aliphatic heterocycles. The summed E-state index contributed by atoms with van der Waals surface area (Å²) in [7, 11) is -3.35. The van der Waals surface area contributed by atoms with Crippen molar-refractivity contribution < 1.29 is 8.42 Å². The minimum Gasteiger partial charge on any atom is -0.313 e. The molecule has 1 atom stereocenters. The minimum absolute atomic E-state index is 0.0359. The van der Waals surface area contributed by atoms with Gasteiger partial charge in [0.15, 0.2) is 9.84 Å². The zero-order valence-electron chi connectivity index (χ0n) is 12.5. The highest BCUT2D eigenvalue weighted by Crippen LogP contribution is 2.30. The number of hydrogen-bond acceptors (Lipinski definition) is 3. The van der Waals surface area contributed by atoms with Gasteiger partial charge in [-0.2, -0.15) is 0 Å². The van der Waals surface area contributed by atoms with Crippen LogP contribution in [0.3, 0.4) is 0 Å². The third-order valence-corrected chi connectivity index (χ3v) is 6.46. The first-order valence-electron chi connectivity index (χ1n) is 7.75. The Hall–Kier alpha value is -0.580. The van der Waals surface area contributed by atoms with Gasteiger partial charge in [0.05, 0.1) is 15.7 Å². The molecule has 1 aliphatic carbocycles. The maximum atomic E-state index is 12.7. The molecule has 0 aromatic heterocycles. The van der Waals surface area contributed by atoms with Gasteiger partial charge in [0.25, 0.3) is 0 Å². The van der Waals surface area contributed by atoms with Crippen molar-refractivity contribution >= 4 is 21.4 Å². The molecule has 2 rings (SSSR count). The Morgan fingerprint density at radius 2 is 1.95 bits per heavy atom. The van der Waals surface area contributed by atoms with Gasteiger partial charge in [-0.25, -0.2) is 8.42 Å². The summed E-state index contributed by atoms with van der Waals surface area (Å²) in [6.45, 7) is 2.96. The monoisotopic (exact) mass is 329 g/mol. The molecule has 1 unspecified atom stereocenters. The third kappa shape index (κ3) is 4.44. The summed E-state index contributed by atoms with van der Waals surface area (Å²) < 4.78 is 25.3. The molecule has 0 radical (unpaired) electrons. The first kappa shape index (κ1) is 16.8. The molecule has 5 heteroatoms. The summed E-state index contributed by atoms with van der Waals surface area (Å²) in [4.78, 5) is 0.257. The van der Waals surface area contributed by atoms with E-state index < -0.39 is 9.84 Å². The van der Waals surface area contributed by atoms with Crippen molar-refractivity contribution in [1.29, 1.82) is 0 Å². The molecule has 1 aromatic carbocycles. The largest absolute Gasteiger partial charge is 0.313 e. The first-order chi connectivity index (χ1) is 10.0. The van der Waals surface area contributed by atoms with Gasteiger partial charge in [0.2, 0.25) is 0 Å². The van der Waals surface area contributed by atoms with Gasteiger partial charge in [0.1, 0.15) is 0 Å². The number of benzene rings is 1. The normalized spacial score (nSPS) is 18.0. The molecule has 1 fully saturated rings. The summed E-state index contributed by atoms with van der Waals surface area (Å²) in [5.41, 5.74) is 0. The summed E-state index contributed by atoms with van der Waals surface area (Å²) in [6.07, 6.45) is 5.68. The van der Waals surface area contributed by atoms with Crippen LogP contribution in [-0.4, -0.2) is 26.8 Å². The van der Waals surface area contributed by atoms with Crippen LogP contribution in [0.25, 0.3) is 0 Å². The van der Waals surface area contributed by atoms with E-state index in [2.05, 4.69) is 12.2 Å². The van der Waals surface area contributed by atoms with E-state index in [0.29, 0.717) is 10.9 Å². The second-order valence-electron chi connectivity index (χ2n) is 5.82. The quantitative estimate of drug-likeness (QED) is 0.830. The lowest BCUT2D eigenvalue weighted by Gasteiger charge is -2.24. The maximum absolute atomic E-state index is 12.7. The van der Waals surface area contributed by atoms with Crippen LogP contribution >= 0.6 is 11.6 Å². The molecule has 1 saturated carbocycles. The molecule has 0 amide bonds. The highest BCUT2D eigenvalue weighted by Gasteiger charge is 2.30. The summed E-state index contributed by atoms with van der Waals surface area (Å²) in [5.74, 6) is 0.607. The minimum atomic E-state index is -3.35. The fraction of sp³-hybridized carbons (Fsp3) is 0.625. The lowest BCUT2D eigenvalue weighted by Crippen LogP contribution is -2.41. The van der Waals surface area contributed by atoms with E-state index in [0.717, 1.165) is 25.8 Å². The Kier molecular flexibility index (Phi) is 6.08. The molecular weight excluding hydrogens is 306 g/mol. The summed E-state index contributed by atoms with van der Waals surface area (Å²) in [5, 5.41) is 3.75. The van der Waals surface area contributed by atoms with Gasteiger partial charge in [-0.1, -0.05) is 43.5 Å². The van der Waals surface area contributed by atoms with Crippen LogP contribution in [0.1, 0.15) is 39.0 Å². The van der Waals surface area contributed by atoms with Gasteiger partial charge in [-0.05, 0) is 43.9 Å². The van der Waals surface area contributed by atoms with Crippen LogP contribution in [0.2, 0.25) is 5.02 Å². The Labute approximate surface area is 133 Å². The molecule has 21 heavy (non-hydrogen) atoms. The molecule has 1 N–H and O–H groups in total. The third-order valence-electron chi connectivity index (χ3n) is 4.20. The van der Waals surface area contributed by atoms with Crippen molar-refractivity contribution in [2.75, 3.05) is 12.3 Å². The maximum Gasteiger partial charge on any atom is 0.181 e. The lowest BCUT2D eigenvalue weighted by atomic mass is 10.00. The van der Waals surface area contributed by atoms with Crippen LogP contribution in [0.15, 0.2) is 29.2 Å².